The summed E-state index contributed by atoms with van der Waals surface area (Å²) in [5.74, 6) is 2.85. The number of nitrogens with zero attached hydrogens (tertiary/aromatic N) is 4. The normalized spacial score (nSPS) is 18.8. The predicted octanol–water partition coefficient (Wildman–Crippen LogP) is 5.63. The number of likely N-dealkylation sites (tertiary alicyclic amines) is 2. The molecule has 0 radical (unpaired) electrons. The van der Waals surface area contributed by atoms with Gasteiger partial charge >= 0.3 is 0 Å². The highest BCUT2D eigenvalue weighted by molar-refractivity contribution is 5.67. The Morgan fingerprint density at radius 3 is 2.31 bits per heavy atom. The Bertz CT molecular complexity index is 1170. The lowest BCUT2D eigenvalue weighted by atomic mass is 9.88. The van der Waals surface area contributed by atoms with E-state index >= 15 is 0 Å². The third-order valence-corrected chi connectivity index (χ3v) is 8.13. The maximum absolute atomic E-state index is 5.50. The molecule has 6 nitrogen and oxygen atoms in total. The van der Waals surface area contributed by atoms with E-state index in [9.17, 15) is 0 Å². The van der Waals surface area contributed by atoms with Gasteiger partial charge in [0.1, 0.15) is 5.65 Å². The second-order valence-electron chi connectivity index (χ2n) is 11.1. The van der Waals surface area contributed by atoms with E-state index in [1.54, 1.807) is 14.2 Å². The average Bonchev–Trinajstić information content (AvgIpc) is 3.33. The average molecular weight is 491 g/mol. The van der Waals surface area contributed by atoms with Gasteiger partial charge in [0, 0.05) is 30.5 Å². The van der Waals surface area contributed by atoms with E-state index in [1.807, 2.05) is 18.2 Å². The first kappa shape index (κ1) is 25.1. The first-order valence-corrected chi connectivity index (χ1v) is 13.6. The van der Waals surface area contributed by atoms with Crippen molar-refractivity contribution >= 4 is 5.65 Å². The minimum atomic E-state index is 0.623. The quantitative estimate of drug-likeness (QED) is 0.430. The summed E-state index contributed by atoms with van der Waals surface area (Å²) in [7, 11) is 3.33. The number of piperidine rings is 2. The zero-order chi connectivity index (χ0) is 25.2. The third kappa shape index (κ3) is 5.25. The zero-order valence-electron chi connectivity index (χ0n) is 22.7. The summed E-state index contributed by atoms with van der Waals surface area (Å²) in [6.45, 7) is 13.1. The van der Waals surface area contributed by atoms with Crippen LogP contribution in [-0.2, 0) is 0 Å². The summed E-state index contributed by atoms with van der Waals surface area (Å²) >= 11 is 0. The standard InChI is InChI=1S/C30H42N4O2/c1-21(2)18-32-12-10-26(11-13-32)33-14-8-23(9-15-33)25-16-22(3)30-31-27(20-34(30)19-25)24-6-7-28(35-4)29(17-24)36-5/h6-7,16-17,19-21,23,26H,8-15,18H2,1-5H3. The second-order valence-corrected chi connectivity index (χ2v) is 11.1. The number of aromatic nitrogens is 2. The minimum absolute atomic E-state index is 0.623. The fourth-order valence-electron chi connectivity index (χ4n) is 6.24. The highest BCUT2D eigenvalue weighted by Gasteiger charge is 2.29. The van der Waals surface area contributed by atoms with Crippen LogP contribution in [0, 0.1) is 12.8 Å². The highest BCUT2D eigenvalue weighted by atomic mass is 16.5. The van der Waals surface area contributed by atoms with Crippen LogP contribution in [-0.4, -0.2) is 72.2 Å². The van der Waals surface area contributed by atoms with Gasteiger partial charge in [-0.2, -0.15) is 0 Å². The Balaban J connectivity index is 1.26. The lowest BCUT2D eigenvalue weighted by Gasteiger charge is -2.42. The van der Waals surface area contributed by atoms with Gasteiger partial charge in [0.05, 0.1) is 19.9 Å². The van der Waals surface area contributed by atoms with Crippen LogP contribution in [0.25, 0.3) is 16.9 Å². The van der Waals surface area contributed by atoms with Crippen molar-refractivity contribution in [2.75, 3.05) is 46.9 Å². The van der Waals surface area contributed by atoms with Crippen molar-refractivity contribution < 1.29 is 9.47 Å². The van der Waals surface area contributed by atoms with Gasteiger partial charge in [-0.1, -0.05) is 19.9 Å². The van der Waals surface area contributed by atoms with Crippen molar-refractivity contribution in [3.05, 3.63) is 47.8 Å². The van der Waals surface area contributed by atoms with Crippen molar-refractivity contribution in [1.29, 1.82) is 0 Å². The van der Waals surface area contributed by atoms with E-state index in [1.165, 1.54) is 69.5 Å². The number of pyridine rings is 1. The maximum Gasteiger partial charge on any atom is 0.161 e. The molecule has 0 saturated carbocycles. The lowest BCUT2D eigenvalue weighted by Crippen LogP contribution is -2.48. The molecule has 0 bridgehead atoms. The first-order valence-electron chi connectivity index (χ1n) is 13.6. The summed E-state index contributed by atoms with van der Waals surface area (Å²) in [4.78, 5) is 10.4. The Kier molecular flexibility index (Phi) is 7.54. The largest absolute Gasteiger partial charge is 0.493 e. The fraction of sp³-hybridized carbons (Fsp3) is 0.567. The number of hydrogen-bond donors (Lipinski definition) is 0. The number of methoxy groups -OCH3 is 2. The van der Waals surface area contributed by atoms with Gasteiger partial charge < -0.3 is 23.7 Å². The van der Waals surface area contributed by atoms with Crippen molar-refractivity contribution in [1.82, 2.24) is 19.2 Å². The monoisotopic (exact) mass is 490 g/mol. The van der Waals surface area contributed by atoms with Gasteiger partial charge in [0.2, 0.25) is 0 Å². The van der Waals surface area contributed by atoms with Crippen LogP contribution < -0.4 is 9.47 Å². The van der Waals surface area contributed by atoms with Crippen LogP contribution in [0.15, 0.2) is 36.7 Å². The molecule has 2 aromatic heterocycles. The molecule has 1 aromatic carbocycles. The van der Waals surface area contributed by atoms with E-state index < -0.39 is 0 Å². The number of ether oxygens (including phenoxy) is 2. The molecule has 4 heterocycles. The molecule has 3 aromatic rings. The molecule has 0 aliphatic carbocycles. The van der Waals surface area contributed by atoms with Crippen molar-refractivity contribution in [2.45, 2.75) is 58.4 Å². The fourth-order valence-corrected chi connectivity index (χ4v) is 6.24. The van der Waals surface area contributed by atoms with Crippen LogP contribution in [0.3, 0.4) is 0 Å². The van der Waals surface area contributed by atoms with Crippen LogP contribution in [0.4, 0.5) is 0 Å². The van der Waals surface area contributed by atoms with Crippen LogP contribution in [0.1, 0.15) is 56.6 Å². The topological polar surface area (TPSA) is 42.2 Å². The minimum Gasteiger partial charge on any atom is -0.493 e. The zero-order valence-corrected chi connectivity index (χ0v) is 22.7. The number of aryl methyl sites for hydroxylation is 1. The number of imidazole rings is 1. The Labute approximate surface area is 216 Å². The molecule has 0 spiro atoms. The van der Waals surface area contributed by atoms with Crippen LogP contribution >= 0.6 is 0 Å². The van der Waals surface area contributed by atoms with E-state index in [2.05, 4.69) is 53.4 Å². The summed E-state index contributed by atoms with van der Waals surface area (Å²) in [6, 6.07) is 9.13. The van der Waals surface area contributed by atoms with Crippen molar-refractivity contribution in [3.8, 4) is 22.8 Å². The van der Waals surface area contributed by atoms with Gasteiger partial charge in [-0.3, -0.25) is 0 Å². The van der Waals surface area contributed by atoms with Crippen LogP contribution in [0.2, 0.25) is 0 Å². The molecule has 0 unspecified atom stereocenters. The van der Waals surface area contributed by atoms with Crippen molar-refractivity contribution in [2.24, 2.45) is 5.92 Å². The van der Waals surface area contributed by atoms with Gasteiger partial charge in [-0.15, -0.1) is 0 Å². The molecule has 0 atom stereocenters. The molecular formula is C30H42N4O2. The third-order valence-electron chi connectivity index (χ3n) is 8.13. The van der Waals surface area contributed by atoms with Crippen LogP contribution in [0.5, 0.6) is 11.5 Å². The molecule has 2 aliphatic heterocycles. The maximum atomic E-state index is 5.50. The molecule has 2 aliphatic rings. The summed E-state index contributed by atoms with van der Waals surface area (Å²) < 4.78 is 13.1. The molecule has 0 amide bonds. The van der Waals surface area contributed by atoms with Gasteiger partial charge in [-0.05, 0) is 99.9 Å². The number of hydrogen-bond acceptors (Lipinski definition) is 5. The first-order chi connectivity index (χ1) is 17.4. The molecule has 2 saturated heterocycles. The lowest BCUT2D eigenvalue weighted by molar-refractivity contribution is 0.0828. The van der Waals surface area contributed by atoms with Gasteiger partial charge in [0.15, 0.2) is 11.5 Å². The van der Waals surface area contributed by atoms with E-state index in [4.69, 9.17) is 14.5 Å². The molecule has 36 heavy (non-hydrogen) atoms. The molecule has 0 N–H and O–H groups in total. The summed E-state index contributed by atoms with van der Waals surface area (Å²) in [6.07, 6.45) is 9.60. The van der Waals surface area contributed by atoms with Gasteiger partial charge in [0.25, 0.3) is 0 Å². The Morgan fingerprint density at radius 1 is 0.917 bits per heavy atom. The number of rotatable bonds is 7. The summed E-state index contributed by atoms with van der Waals surface area (Å²) in [5.41, 5.74) is 5.69. The van der Waals surface area contributed by atoms with Crippen molar-refractivity contribution in [3.63, 3.8) is 0 Å². The molecule has 2 fully saturated rings. The van der Waals surface area contributed by atoms with E-state index in [0.717, 1.165) is 40.4 Å². The van der Waals surface area contributed by atoms with E-state index in [0.29, 0.717) is 5.92 Å². The number of benzene rings is 1. The Hall–Kier alpha value is -2.57. The smallest absolute Gasteiger partial charge is 0.161 e. The molecule has 6 heteroatoms. The predicted molar refractivity (Wildman–Crippen MR) is 146 cm³/mol. The molecule has 194 valence electrons. The molecule has 5 rings (SSSR count). The van der Waals surface area contributed by atoms with E-state index in [-0.39, 0.29) is 0 Å². The highest BCUT2D eigenvalue weighted by Crippen LogP contribution is 2.34. The van der Waals surface area contributed by atoms with Gasteiger partial charge in [-0.25, -0.2) is 4.98 Å². The number of fused-ring (bicyclic) bond motifs is 1. The second kappa shape index (κ2) is 10.8. The molecular weight excluding hydrogens is 448 g/mol. The summed E-state index contributed by atoms with van der Waals surface area (Å²) in [5, 5.41) is 0. The Morgan fingerprint density at radius 2 is 1.64 bits per heavy atom. The SMILES string of the molecule is COc1ccc(-c2cn3cc(C4CCN(C5CCN(CC(C)C)CC5)CC4)cc(C)c3n2)cc1OC.